The van der Waals surface area contributed by atoms with Gasteiger partial charge in [-0.3, -0.25) is 0 Å². The molecule has 2 N–H and O–H groups in total. The summed E-state index contributed by atoms with van der Waals surface area (Å²) in [5, 5.41) is 12.6. The Kier molecular flexibility index (Phi) is 3.13. The minimum absolute atomic E-state index is 0.254. The highest BCUT2D eigenvalue weighted by Crippen LogP contribution is 2.58. The fraction of sp³-hybridized carbons (Fsp3) is 0.600. The summed E-state index contributed by atoms with van der Waals surface area (Å²) in [6, 6.07) is 4.83. The number of ether oxygens (including phenoxy) is 1. The molecule has 0 radical (unpaired) electrons. The van der Waals surface area contributed by atoms with Gasteiger partial charge in [0.1, 0.15) is 0 Å². The Balaban J connectivity index is 1.69. The summed E-state index contributed by atoms with van der Waals surface area (Å²) in [6.07, 6.45) is 4.97. The van der Waals surface area contributed by atoms with Crippen molar-refractivity contribution in [3.8, 4) is 5.75 Å². The summed E-state index contributed by atoms with van der Waals surface area (Å²) in [7, 11) is 0. The quantitative estimate of drug-likeness (QED) is 0.821. The number of phenolic OH excluding ortho intramolecular Hbond substituents is 1. The Bertz CT molecular complexity index is 473. The predicted octanol–water partition coefficient (Wildman–Crippen LogP) is 3.29. The molecule has 1 aromatic rings. The second-order valence-electron chi connectivity index (χ2n) is 5.63. The highest BCUT2D eigenvalue weighted by Gasteiger charge is 2.58. The van der Waals surface area contributed by atoms with Gasteiger partial charge in [0.05, 0.1) is 6.10 Å². The van der Waals surface area contributed by atoms with Crippen LogP contribution in [0.5, 0.6) is 5.75 Å². The summed E-state index contributed by atoms with van der Waals surface area (Å²) < 4.78 is 19.1. The highest BCUT2D eigenvalue weighted by molar-refractivity contribution is 5.49. The van der Waals surface area contributed by atoms with Crippen molar-refractivity contribution in [3.05, 3.63) is 24.0 Å². The van der Waals surface area contributed by atoms with E-state index in [2.05, 4.69) is 5.32 Å². The zero-order chi connectivity index (χ0) is 13.5. The molecule has 0 aliphatic heterocycles. The Morgan fingerprint density at radius 1 is 1.47 bits per heavy atom. The van der Waals surface area contributed by atoms with Crippen molar-refractivity contribution in [1.29, 1.82) is 0 Å². The molecule has 1 spiro atoms. The summed E-state index contributed by atoms with van der Waals surface area (Å²) in [5.74, 6) is -0.877. The van der Waals surface area contributed by atoms with Crippen molar-refractivity contribution in [1.82, 2.24) is 0 Å². The lowest BCUT2D eigenvalue weighted by Crippen LogP contribution is -2.64. The third kappa shape index (κ3) is 1.98. The van der Waals surface area contributed by atoms with Crippen LogP contribution in [-0.4, -0.2) is 23.9 Å². The summed E-state index contributed by atoms with van der Waals surface area (Å²) in [4.78, 5) is 0. The number of aromatic hydroxyl groups is 1. The highest BCUT2D eigenvalue weighted by atomic mass is 19.1. The van der Waals surface area contributed by atoms with Crippen LogP contribution in [0.4, 0.5) is 10.1 Å². The number of hydrogen-bond acceptors (Lipinski definition) is 3. The van der Waals surface area contributed by atoms with Crippen LogP contribution in [0, 0.1) is 11.2 Å². The molecule has 2 fully saturated rings. The van der Waals surface area contributed by atoms with E-state index in [1.807, 2.05) is 6.92 Å². The van der Waals surface area contributed by atoms with E-state index in [0.717, 1.165) is 18.7 Å². The first-order valence-electron chi connectivity index (χ1n) is 7.02. The van der Waals surface area contributed by atoms with Gasteiger partial charge in [-0.1, -0.05) is 6.42 Å². The van der Waals surface area contributed by atoms with Gasteiger partial charge in [0.15, 0.2) is 11.6 Å². The molecule has 0 amide bonds. The van der Waals surface area contributed by atoms with Crippen LogP contribution >= 0.6 is 0 Å². The summed E-state index contributed by atoms with van der Waals surface area (Å²) >= 11 is 0. The number of hydrogen-bond donors (Lipinski definition) is 2. The molecule has 1 aromatic carbocycles. The van der Waals surface area contributed by atoms with Crippen molar-refractivity contribution in [2.45, 2.75) is 44.8 Å². The van der Waals surface area contributed by atoms with Gasteiger partial charge in [-0.15, -0.1) is 0 Å². The van der Waals surface area contributed by atoms with Crippen LogP contribution < -0.4 is 5.32 Å². The molecule has 0 saturated heterocycles. The number of benzene rings is 1. The van der Waals surface area contributed by atoms with Gasteiger partial charge in [0, 0.05) is 29.8 Å². The Morgan fingerprint density at radius 2 is 2.26 bits per heavy atom. The fourth-order valence-electron chi connectivity index (χ4n) is 3.44. The molecular formula is C15H20FNO2. The van der Waals surface area contributed by atoms with Crippen LogP contribution in [0.25, 0.3) is 0 Å². The van der Waals surface area contributed by atoms with Crippen LogP contribution in [-0.2, 0) is 4.74 Å². The van der Waals surface area contributed by atoms with E-state index < -0.39 is 5.82 Å². The topological polar surface area (TPSA) is 41.5 Å². The molecule has 0 aromatic heterocycles. The monoisotopic (exact) mass is 265 g/mol. The minimum atomic E-state index is -0.576. The van der Waals surface area contributed by atoms with E-state index in [1.165, 1.54) is 31.4 Å². The van der Waals surface area contributed by atoms with Gasteiger partial charge in [0.2, 0.25) is 0 Å². The van der Waals surface area contributed by atoms with Crippen LogP contribution in [0.2, 0.25) is 0 Å². The van der Waals surface area contributed by atoms with E-state index in [9.17, 15) is 9.50 Å². The molecule has 19 heavy (non-hydrogen) atoms. The van der Waals surface area contributed by atoms with E-state index in [-0.39, 0.29) is 11.2 Å². The number of anilines is 1. The number of rotatable bonds is 4. The molecule has 2 atom stereocenters. The molecule has 2 aliphatic carbocycles. The molecule has 104 valence electrons. The van der Waals surface area contributed by atoms with Crippen LogP contribution in [0.15, 0.2) is 18.2 Å². The second kappa shape index (κ2) is 4.67. The standard InChI is InChI=1S/C15H20FNO2/c1-2-19-14-9-13(15(14)6-3-7-15)17-10-4-5-12(18)11(16)8-10/h4-5,8,13-14,17-18H,2-3,6-7,9H2,1H3. The zero-order valence-electron chi connectivity index (χ0n) is 11.2. The normalized spacial score (nSPS) is 27.7. The number of phenols is 1. The number of halogens is 1. The van der Waals surface area contributed by atoms with Gasteiger partial charge >= 0.3 is 0 Å². The molecule has 0 bridgehead atoms. The van der Waals surface area contributed by atoms with Gasteiger partial charge < -0.3 is 15.2 Å². The fourth-order valence-corrected chi connectivity index (χ4v) is 3.44. The lowest BCUT2D eigenvalue weighted by Gasteiger charge is -2.61. The van der Waals surface area contributed by atoms with Crippen molar-refractivity contribution >= 4 is 5.69 Å². The van der Waals surface area contributed by atoms with Gasteiger partial charge in [-0.25, -0.2) is 4.39 Å². The first-order valence-corrected chi connectivity index (χ1v) is 7.02. The van der Waals surface area contributed by atoms with Crippen molar-refractivity contribution in [2.75, 3.05) is 11.9 Å². The lowest BCUT2D eigenvalue weighted by molar-refractivity contribution is -0.157. The Morgan fingerprint density at radius 3 is 2.84 bits per heavy atom. The van der Waals surface area contributed by atoms with Crippen molar-refractivity contribution in [3.63, 3.8) is 0 Å². The maximum absolute atomic E-state index is 13.3. The minimum Gasteiger partial charge on any atom is -0.505 e. The molecule has 2 aliphatic rings. The molecule has 3 nitrogen and oxygen atoms in total. The van der Waals surface area contributed by atoms with Gasteiger partial charge in [-0.05, 0) is 38.3 Å². The zero-order valence-corrected chi connectivity index (χ0v) is 11.2. The van der Waals surface area contributed by atoms with E-state index in [4.69, 9.17) is 4.74 Å². The molecule has 2 saturated carbocycles. The predicted molar refractivity (Wildman–Crippen MR) is 71.8 cm³/mol. The van der Waals surface area contributed by atoms with Crippen molar-refractivity contribution < 1.29 is 14.2 Å². The second-order valence-corrected chi connectivity index (χ2v) is 5.63. The van der Waals surface area contributed by atoms with E-state index in [1.54, 1.807) is 6.07 Å². The van der Waals surface area contributed by atoms with E-state index >= 15 is 0 Å². The molecule has 4 heteroatoms. The first kappa shape index (κ1) is 12.7. The SMILES string of the molecule is CCOC1CC(Nc2ccc(O)c(F)c2)C12CCC2. The maximum atomic E-state index is 13.3. The average molecular weight is 265 g/mol. The summed E-state index contributed by atoms with van der Waals surface area (Å²) in [5.41, 5.74) is 0.992. The molecular weight excluding hydrogens is 245 g/mol. The maximum Gasteiger partial charge on any atom is 0.166 e. The third-order valence-electron chi connectivity index (χ3n) is 4.73. The third-order valence-corrected chi connectivity index (χ3v) is 4.73. The van der Waals surface area contributed by atoms with Crippen LogP contribution in [0.3, 0.4) is 0 Å². The first-order chi connectivity index (χ1) is 9.15. The van der Waals surface area contributed by atoms with Gasteiger partial charge in [0.25, 0.3) is 0 Å². The van der Waals surface area contributed by atoms with E-state index in [0.29, 0.717) is 12.1 Å². The summed E-state index contributed by atoms with van der Waals surface area (Å²) in [6.45, 7) is 2.79. The molecule has 0 heterocycles. The lowest BCUT2D eigenvalue weighted by atomic mass is 9.51. The van der Waals surface area contributed by atoms with Crippen LogP contribution in [0.1, 0.15) is 32.6 Å². The average Bonchev–Trinajstić information content (AvgIpc) is 2.30. The molecule has 2 unspecified atom stereocenters. The van der Waals surface area contributed by atoms with Gasteiger partial charge in [-0.2, -0.15) is 0 Å². The Hall–Kier alpha value is -1.29. The smallest absolute Gasteiger partial charge is 0.166 e. The Labute approximate surface area is 112 Å². The molecule has 3 rings (SSSR count). The number of nitrogens with one attached hydrogen (secondary N) is 1. The largest absolute Gasteiger partial charge is 0.505 e. The van der Waals surface area contributed by atoms with Crippen molar-refractivity contribution in [2.24, 2.45) is 5.41 Å².